The molecule has 2 heterocycles. The third kappa shape index (κ3) is 2.94. The lowest BCUT2D eigenvalue weighted by molar-refractivity contribution is -0.0107. The van der Waals surface area contributed by atoms with E-state index >= 15 is 0 Å². The van der Waals surface area contributed by atoms with Crippen molar-refractivity contribution >= 4 is 29.1 Å². The maximum absolute atomic E-state index is 12.2. The molecule has 1 aromatic heterocycles. The number of pyridine rings is 1. The first-order valence-electron chi connectivity index (χ1n) is 5.72. The molecule has 1 saturated heterocycles. The van der Waals surface area contributed by atoms with Crippen LogP contribution in [-0.2, 0) is 0 Å². The van der Waals surface area contributed by atoms with Gasteiger partial charge in [0, 0.05) is 19.3 Å². The molecule has 2 rings (SSSR count). The Morgan fingerprint density at radius 1 is 1.56 bits per heavy atom. The Morgan fingerprint density at radius 3 is 2.89 bits per heavy atom. The van der Waals surface area contributed by atoms with Crippen molar-refractivity contribution in [1.29, 1.82) is 0 Å². The van der Waals surface area contributed by atoms with Gasteiger partial charge in [0.25, 0.3) is 5.91 Å². The quantitative estimate of drug-likeness (QED) is 0.808. The SMILES string of the molecule is CC1(O)CCCN(C(=O)c2cnc(Cl)c(Cl)c2)C1. The number of aliphatic hydroxyl groups is 1. The first-order chi connectivity index (χ1) is 8.39. The van der Waals surface area contributed by atoms with Gasteiger partial charge >= 0.3 is 0 Å². The number of β-amino-alcohol motifs (C(OH)–C–C–N with tert-alkyl or cyclic N) is 1. The van der Waals surface area contributed by atoms with Crippen LogP contribution < -0.4 is 0 Å². The lowest BCUT2D eigenvalue weighted by Crippen LogP contribution is -2.48. The minimum absolute atomic E-state index is 0.179. The van der Waals surface area contributed by atoms with Crippen molar-refractivity contribution in [3.63, 3.8) is 0 Å². The lowest BCUT2D eigenvalue weighted by Gasteiger charge is -2.36. The summed E-state index contributed by atoms with van der Waals surface area (Å²) in [6.07, 6.45) is 2.89. The summed E-state index contributed by atoms with van der Waals surface area (Å²) in [5.41, 5.74) is -0.431. The second kappa shape index (κ2) is 5.03. The molecule has 1 aliphatic heterocycles. The van der Waals surface area contributed by atoms with Crippen LogP contribution in [0.25, 0.3) is 0 Å². The molecule has 1 aliphatic rings. The van der Waals surface area contributed by atoms with E-state index in [4.69, 9.17) is 23.2 Å². The predicted octanol–water partition coefficient (Wildman–Crippen LogP) is 2.38. The van der Waals surface area contributed by atoms with E-state index in [1.807, 2.05) is 0 Å². The number of nitrogens with zero attached hydrogens (tertiary/aromatic N) is 2. The molecule has 1 aromatic rings. The minimum Gasteiger partial charge on any atom is -0.388 e. The number of hydrogen-bond donors (Lipinski definition) is 1. The molecule has 0 aliphatic carbocycles. The first kappa shape index (κ1) is 13.6. The van der Waals surface area contributed by atoms with Crippen molar-refractivity contribution in [2.24, 2.45) is 0 Å². The number of aromatic nitrogens is 1. The summed E-state index contributed by atoms with van der Waals surface area (Å²) < 4.78 is 0. The van der Waals surface area contributed by atoms with Gasteiger partial charge in [-0.3, -0.25) is 4.79 Å². The number of likely N-dealkylation sites (tertiary alicyclic amines) is 1. The first-order valence-corrected chi connectivity index (χ1v) is 6.47. The highest BCUT2D eigenvalue weighted by Crippen LogP contribution is 2.24. The number of hydrogen-bond acceptors (Lipinski definition) is 3. The van der Waals surface area contributed by atoms with E-state index in [0.29, 0.717) is 25.1 Å². The molecule has 1 unspecified atom stereocenters. The van der Waals surface area contributed by atoms with E-state index in [1.165, 1.54) is 12.3 Å². The van der Waals surface area contributed by atoms with Crippen LogP contribution >= 0.6 is 23.2 Å². The molecule has 0 radical (unpaired) electrons. The van der Waals surface area contributed by atoms with Crippen molar-refractivity contribution in [1.82, 2.24) is 9.88 Å². The summed E-state index contributed by atoms with van der Waals surface area (Å²) in [4.78, 5) is 17.7. The zero-order valence-corrected chi connectivity index (χ0v) is 11.5. The van der Waals surface area contributed by atoms with E-state index in [1.54, 1.807) is 11.8 Å². The highest BCUT2D eigenvalue weighted by atomic mass is 35.5. The van der Waals surface area contributed by atoms with Gasteiger partial charge in [-0.2, -0.15) is 0 Å². The van der Waals surface area contributed by atoms with E-state index < -0.39 is 5.60 Å². The standard InChI is InChI=1S/C12H14Cl2N2O2/c1-12(18)3-2-4-16(7-12)11(17)8-5-9(13)10(14)15-6-8/h5-6,18H,2-4,7H2,1H3. The second-order valence-electron chi connectivity index (χ2n) is 4.82. The predicted molar refractivity (Wildman–Crippen MR) is 70.0 cm³/mol. The number of carbonyl (C=O) groups is 1. The molecule has 1 N–H and O–H groups in total. The average molecular weight is 289 g/mol. The molecule has 6 heteroatoms. The average Bonchev–Trinajstić information content (AvgIpc) is 2.30. The lowest BCUT2D eigenvalue weighted by atomic mass is 9.95. The van der Waals surface area contributed by atoms with E-state index in [-0.39, 0.29) is 16.1 Å². The Morgan fingerprint density at radius 2 is 2.28 bits per heavy atom. The van der Waals surface area contributed by atoms with Crippen LogP contribution in [0.3, 0.4) is 0 Å². The van der Waals surface area contributed by atoms with Gasteiger partial charge in [-0.25, -0.2) is 4.98 Å². The molecule has 0 aromatic carbocycles. The highest BCUT2D eigenvalue weighted by molar-refractivity contribution is 6.41. The number of halogens is 2. The van der Waals surface area contributed by atoms with E-state index in [9.17, 15) is 9.90 Å². The minimum atomic E-state index is -0.822. The molecule has 1 fully saturated rings. The zero-order chi connectivity index (χ0) is 13.3. The molecule has 0 saturated carbocycles. The van der Waals surface area contributed by atoms with Crippen LogP contribution in [0.2, 0.25) is 10.2 Å². The van der Waals surface area contributed by atoms with Crippen LogP contribution in [0.4, 0.5) is 0 Å². The van der Waals surface area contributed by atoms with Gasteiger partial charge < -0.3 is 10.0 Å². The van der Waals surface area contributed by atoms with Gasteiger partial charge in [0.1, 0.15) is 5.15 Å². The Balaban J connectivity index is 2.18. The summed E-state index contributed by atoms with van der Waals surface area (Å²) in [6.45, 7) is 2.70. The number of rotatable bonds is 1. The summed E-state index contributed by atoms with van der Waals surface area (Å²) in [6, 6.07) is 1.50. The second-order valence-corrected chi connectivity index (χ2v) is 5.59. The number of amides is 1. The molecule has 0 bridgehead atoms. The van der Waals surface area contributed by atoms with E-state index in [0.717, 1.165) is 6.42 Å². The molecule has 18 heavy (non-hydrogen) atoms. The van der Waals surface area contributed by atoms with Crippen LogP contribution in [0.5, 0.6) is 0 Å². The Bertz CT molecular complexity index is 477. The maximum atomic E-state index is 12.2. The van der Waals surface area contributed by atoms with Crippen molar-refractivity contribution in [2.45, 2.75) is 25.4 Å². The topological polar surface area (TPSA) is 53.4 Å². The van der Waals surface area contributed by atoms with Crippen molar-refractivity contribution in [3.05, 3.63) is 28.0 Å². The van der Waals surface area contributed by atoms with Crippen LogP contribution in [-0.4, -0.2) is 39.6 Å². The Hall–Kier alpha value is -0.840. The fraction of sp³-hybridized carbons (Fsp3) is 0.500. The van der Waals surface area contributed by atoms with Gasteiger partial charge in [-0.15, -0.1) is 0 Å². The molecular weight excluding hydrogens is 275 g/mol. The molecule has 1 amide bonds. The summed E-state index contributed by atoms with van der Waals surface area (Å²) in [7, 11) is 0. The van der Waals surface area contributed by atoms with Gasteiger partial charge in [0.2, 0.25) is 0 Å². The van der Waals surface area contributed by atoms with Crippen molar-refractivity contribution < 1.29 is 9.90 Å². The molecular formula is C12H14Cl2N2O2. The summed E-state index contributed by atoms with van der Waals surface area (Å²) in [5, 5.41) is 10.4. The maximum Gasteiger partial charge on any atom is 0.255 e. The van der Waals surface area contributed by atoms with Gasteiger partial charge in [0.15, 0.2) is 0 Å². The van der Waals surface area contributed by atoms with Gasteiger partial charge in [-0.05, 0) is 25.8 Å². The smallest absolute Gasteiger partial charge is 0.255 e. The summed E-state index contributed by atoms with van der Waals surface area (Å²) >= 11 is 11.5. The molecule has 1 atom stereocenters. The fourth-order valence-electron chi connectivity index (χ4n) is 2.11. The van der Waals surface area contributed by atoms with Gasteiger partial charge in [-0.1, -0.05) is 23.2 Å². The summed E-state index contributed by atoms with van der Waals surface area (Å²) in [5.74, 6) is -0.180. The highest BCUT2D eigenvalue weighted by Gasteiger charge is 2.31. The largest absolute Gasteiger partial charge is 0.388 e. The van der Waals surface area contributed by atoms with Crippen LogP contribution in [0.1, 0.15) is 30.1 Å². The number of carbonyl (C=O) groups excluding carboxylic acids is 1. The van der Waals surface area contributed by atoms with Gasteiger partial charge in [0.05, 0.1) is 16.2 Å². The monoisotopic (exact) mass is 288 g/mol. The van der Waals surface area contributed by atoms with Crippen LogP contribution in [0.15, 0.2) is 12.3 Å². The fourth-order valence-corrected chi connectivity index (χ4v) is 2.38. The molecule has 0 spiro atoms. The van der Waals surface area contributed by atoms with Crippen molar-refractivity contribution in [2.75, 3.05) is 13.1 Å². The third-order valence-electron chi connectivity index (χ3n) is 3.01. The van der Waals surface area contributed by atoms with E-state index in [2.05, 4.69) is 4.98 Å². The Labute approximate surface area is 116 Å². The normalized spacial score (nSPS) is 24.1. The molecule has 98 valence electrons. The zero-order valence-electron chi connectivity index (χ0n) is 9.99. The molecule has 4 nitrogen and oxygen atoms in total. The number of piperidine rings is 1. The third-order valence-corrected chi connectivity index (χ3v) is 3.69. The van der Waals surface area contributed by atoms with Crippen LogP contribution in [0, 0.1) is 0 Å². The Kier molecular flexibility index (Phi) is 3.80. The van der Waals surface area contributed by atoms with Crippen molar-refractivity contribution in [3.8, 4) is 0 Å².